The molecule has 2 rings (SSSR count). The lowest BCUT2D eigenvalue weighted by atomic mass is 9.75. The van der Waals surface area contributed by atoms with Crippen molar-refractivity contribution >= 4 is 16.0 Å². The van der Waals surface area contributed by atoms with E-state index in [1.165, 1.54) is 4.31 Å². The van der Waals surface area contributed by atoms with Gasteiger partial charge in [-0.25, -0.2) is 12.7 Å². The number of carbonyl (C=O) groups is 1. The molecule has 110 valence electrons. The van der Waals surface area contributed by atoms with Crippen LogP contribution in [0.3, 0.4) is 0 Å². The number of hydrogen-bond acceptors (Lipinski definition) is 4. The van der Waals surface area contributed by atoms with Gasteiger partial charge in [0.15, 0.2) is 0 Å². The van der Waals surface area contributed by atoms with Crippen LogP contribution in [0.2, 0.25) is 0 Å². The van der Waals surface area contributed by atoms with E-state index in [2.05, 4.69) is 5.32 Å². The molecule has 19 heavy (non-hydrogen) atoms. The fraction of sp³-hybridized carbons (Fsp3) is 0.917. The third kappa shape index (κ3) is 3.67. The number of sulfonamides is 1. The number of nitrogens with zero attached hydrogens (tertiary/aromatic N) is 1. The third-order valence-electron chi connectivity index (χ3n) is 4.15. The highest BCUT2D eigenvalue weighted by atomic mass is 32.2. The van der Waals surface area contributed by atoms with Gasteiger partial charge in [0.2, 0.25) is 10.0 Å². The van der Waals surface area contributed by atoms with E-state index < -0.39 is 16.0 Å². The first kappa shape index (κ1) is 14.7. The minimum Gasteiger partial charge on any atom is -0.481 e. The minimum atomic E-state index is -3.43. The highest BCUT2D eigenvalue weighted by Gasteiger charge is 2.40. The van der Waals surface area contributed by atoms with Crippen LogP contribution in [0.4, 0.5) is 0 Å². The molecule has 1 spiro atoms. The van der Waals surface area contributed by atoms with Gasteiger partial charge in [0.1, 0.15) is 0 Å². The second-order valence-electron chi connectivity index (χ2n) is 5.68. The van der Waals surface area contributed by atoms with Crippen LogP contribution in [0.25, 0.3) is 0 Å². The van der Waals surface area contributed by atoms with Crippen molar-refractivity contribution in [3.63, 3.8) is 0 Å². The molecule has 2 heterocycles. The largest absolute Gasteiger partial charge is 0.481 e. The van der Waals surface area contributed by atoms with E-state index in [4.69, 9.17) is 5.11 Å². The monoisotopic (exact) mass is 290 g/mol. The number of hydrogen-bond donors (Lipinski definition) is 2. The van der Waals surface area contributed by atoms with E-state index in [1.807, 2.05) is 0 Å². The maximum atomic E-state index is 12.2. The molecule has 0 aromatic rings. The molecule has 0 bridgehead atoms. The number of aliphatic carboxylic acids is 1. The Morgan fingerprint density at radius 1 is 1.32 bits per heavy atom. The molecule has 2 fully saturated rings. The number of rotatable bonds is 4. The molecule has 2 saturated heterocycles. The molecule has 0 aromatic heterocycles. The van der Waals surface area contributed by atoms with Crippen molar-refractivity contribution in [1.82, 2.24) is 9.62 Å². The highest BCUT2D eigenvalue weighted by molar-refractivity contribution is 7.89. The van der Waals surface area contributed by atoms with E-state index in [9.17, 15) is 13.2 Å². The van der Waals surface area contributed by atoms with Crippen molar-refractivity contribution in [3.05, 3.63) is 0 Å². The first-order valence-corrected chi connectivity index (χ1v) is 8.45. The van der Waals surface area contributed by atoms with Crippen LogP contribution >= 0.6 is 0 Å². The van der Waals surface area contributed by atoms with Gasteiger partial charge in [-0.1, -0.05) is 0 Å². The number of piperidine rings is 2. The van der Waals surface area contributed by atoms with E-state index in [0.717, 1.165) is 38.8 Å². The highest BCUT2D eigenvalue weighted by Crippen LogP contribution is 2.36. The van der Waals surface area contributed by atoms with Gasteiger partial charge in [-0.3, -0.25) is 4.79 Å². The maximum absolute atomic E-state index is 12.2. The topological polar surface area (TPSA) is 86.7 Å². The van der Waals surface area contributed by atoms with Crippen molar-refractivity contribution in [2.24, 2.45) is 5.41 Å². The summed E-state index contributed by atoms with van der Waals surface area (Å²) in [5, 5.41) is 12.0. The summed E-state index contributed by atoms with van der Waals surface area (Å²) >= 11 is 0. The Balaban J connectivity index is 2.01. The van der Waals surface area contributed by atoms with Gasteiger partial charge in [0, 0.05) is 19.6 Å². The SMILES string of the molecule is O=C(O)CCS(=O)(=O)N1CCCC2(CCCNC2)C1. The van der Waals surface area contributed by atoms with Gasteiger partial charge in [-0.15, -0.1) is 0 Å². The zero-order valence-electron chi connectivity index (χ0n) is 11.1. The van der Waals surface area contributed by atoms with Crippen LogP contribution in [0, 0.1) is 5.41 Å². The fourth-order valence-corrected chi connectivity index (χ4v) is 4.69. The van der Waals surface area contributed by atoms with E-state index >= 15 is 0 Å². The van der Waals surface area contributed by atoms with Gasteiger partial charge in [0.05, 0.1) is 12.2 Å². The zero-order chi connectivity index (χ0) is 13.9. The number of carboxylic acid groups (broad SMARTS) is 1. The lowest BCUT2D eigenvalue weighted by Crippen LogP contribution is -2.52. The van der Waals surface area contributed by atoms with Crippen LogP contribution in [0.5, 0.6) is 0 Å². The van der Waals surface area contributed by atoms with E-state index in [1.54, 1.807) is 0 Å². The summed E-state index contributed by atoms with van der Waals surface area (Å²) in [4.78, 5) is 10.5. The lowest BCUT2D eigenvalue weighted by Gasteiger charge is -2.44. The summed E-state index contributed by atoms with van der Waals surface area (Å²) < 4.78 is 25.8. The molecule has 2 N–H and O–H groups in total. The standard InChI is InChI=1S/C12H22N2O4S/c15-11(16)3-8-19(17,18)14-7-2-5-12(10-14)4-1-6-13-9-12/h13H,1-10H2,(H,15,16). The minimum absolute atomic E-state index is 0.0623. The van der Waals surface area contributed by atoms with Crippen molar-refractivity contribution in [2.75, 3.05) is 31.9 Å². The third-order valence-corrected chi connectivity index (χ3v) is 5.97. The summed E-state index contributed by atoms with van der Waals surface area (Å²) in [6.45, 7) is 2.96. The lowest BCUT2D eigenvalue weighted by molar-refractivity contribution is -0.136. The normalized spacial score (nSPS) is 29.5. The molecule has 0 saturated carbocycles. The summed E-state index contributed by atoms with van der Waals surface area (Å²) in [5.74, 6) is -1.35. The molecule has 7 heteroatoms. The average Bonchev–Trinajstić information content (AvgIpc) is 2.37. The van der Waals surface area contributed by atoms with Crippen molar-refractivity contribution in [3.8, 4) is 0 Å². The Bertz CT molecular complexity index is 424. The van der Waals surface area contributed by atoms with Crippen LogP contribution < -0.4 is 5.32 Å². The molecule has 2 aliphatic heterocycles. The predicted molar refractivity (Wildman–Crippen MR) is 71.4 cm³/mol. The van der Waals surface area contributed by atoms with Crippen LogP contribution in [0.15, 0.2) is 0 Å². The van der Waals surface area contributed by atoms with Gasteiger partial charge >= 0.3 is 5.97 Å². The second-order valence-corrected chi connectivity index (χ2v) is 7.77. The molecule has 0 aromatic carbocycles. The van der Waals surface area contributed by atoms with Gasteiger partial charge in [-0.05, 0) is 37.6 Å². The molecule has 1 unspecified atom stereocenters. The molecule has 6 nitrogen and oxygen atoms in total. The summed E-state index contributed by atoms with van der Waals surface area (Å²) in [6.07, 6.45) is 3.76. The van der Waals surface area contributed by atoms with Gasteiger partial charge in [-0.2, -0.15) is 0 Å². The quantitative estimate of drug-likeness (QED) is 0.775. The smallest absolute Gasteiger partial charge is 0.304 e. The molecule has 0 aliphatic carbocycles. The maximum Gasteiger partial charge on any atom is 0.304 e. The van der Waals surface area contributed by atoms with Gasteiger partial charge < -0.3 is 10.4 Å². The summed E-state index contributed by atoms with van der Waals surface area (Å²) in [6, 6.07) is 0. The number of nitrogens with one attached hydrogen (secondary N) is 1. The van der Waals surface area contributed by atoms with E-state index in [-0.39, 0.29) is 17.6 Å². The second kappa shape index (κ2) is 5.76. The van der Waals surface area contributed by atoms with Crippen LogP contribution in [-0.2, 0) is 14.8 Å². The molecule has 2 aliphatic rings. The van der Waals surface area contributed by atoms with Gasteiger partial charge in [0.25, 0.3) is 0 Å². The van der Waals surface area contributed by atoms with Crippen molar-refractivity contribution < 1.29 is 18.3 Å². The Hall–Kier alpha value is -0.660. The Labute approximate surface area is 114 Å². The van der Waals surface area contributed by atoms with Crippen molar-refractivity contribution in [2.45, 2.75) is 32.1 Å². The first-order chi connectivity index (χ1) is 8.94. The molecule has 0 amide bonds. The van der Waals surface area contributed by atoms with Crippen molar-refractivity contribution in [1.29, 1.82) is 0 Å². The fourth-order valence-electron chi connectivity index (χ4n) is 3.12. The molecule has 0 radical (unpaired) electrons. The molecule has 1 atom stereocenters. The first-order valence-electron chi connectivity index (χ1n) is 6.84. The predicted octanol–water partition coefficient (Wildman–Crippen LogP) is 0.257. The van der Waals surface area contributed by atoms with E-state index in [0.29, 0.717) is 13.1 Å². The van der Waals surface area contributed by atoms with Crippen LogP contribution in [0.1, 0.15) is 32.1 Å². The zero-order valence-corrected chi connectivity index (χ0v) is 11.9. The molecular formula is C12H22N2O4S. The molecular weight excluding hydrogens is 268 g/mol. The summed E-state index contributed by atoms with van der Waals surface area (Å²) in [7, 11) is -3.43. The average molecular weight is 290 g/mol. The Morgan fingerprint density at radius 3 is 2.68 bits per heavy atom. The number of carboxylic acids is 1. The summed E-state index contributed by atoms with van der Waals surface area (Å²) in [5.41, 5.74) is 0.0623. The Kier molecular flexibility index (Phi) is 4.47. The van der Waals surface area contributed by atoms with Crippen LogP contribution in [-0.4, -0.2) is 55.7 Å². The Morgan fingerprint density at radius 2 is 2.05 bits per heavy atom.